The number of rotatable bonds is 4. The van der Waals surface area contributed by atoms with Crippen LogP contribution >= 0.6 is 11.6 Å². The molecule has 84 valence electrons. The van der Waals surface area contributed by atoms with Crippen LogP contribution < -0.4 is 0 Å². The molecule has 0 atom stereocenters. The lowest BCUT2D eigenvalue weighted by molar-refractivity contribution is 0.325. The van der Waals surface area contributed by atoms with E-state index in [1.54, 1.807) is 0 Å². The summed E-state index contributed by atoms with van der Waals surface area (Å²) in [5, 5.41) is 8.02. The molecule has 0 unspecified atom stereocenters. The highest BCUT2D eigenvalue weighted by molar-refractivity contribution is 6.17. The lowest BCUT2D eigenvalue weighted by atomic mass is 9.87. The van der Waals surface area contributed by atoms with E-state index >= 15 is 0 Å². The molecular weight excluding hydrogens is 212 g/mol. The molecule has 1 aliphatic carbocycles. The Hall–Kier alpha value is -0.570. The van der Waals surface area contributed by atoms with E-state index in [4.69, 9.17) is 16.0 Å². The van der Waals surface area contributed by atoms with Crippen molar-refractivity contribution in [3.63, 3.8) is 0 Å². The van der Waals surface area contributed by atoms with E-state index in [0.717, 1.165) is 18.2 Å². The molecular formula is C11H17ClN2O. The summed E-state index contributed by atoms with van der Waals surface area (Å²) in [5.74, 6) is 2.77. The zero-order chi connectivity index (χ0) is 10.5. The normalized spacial score (nSPS) is 18.2. The largest absolute Gasteiger partial charge is 0.425 e. The van der Waals surface area contributed by atoms with Gasteiger partial charge in [0.2, 0.25) is 11.8 Å². The van der Waals surface area contributed by atoms with E-state index < -0.39 is 0 Å². The molecule has 0 N–H and O–H groups in total. The first-order valence-corrected chi connectivity index (χ1v) is 6.29. The smallest absolute Gasteiger partial charge is 0.217 e. The van der Waals surface area contributed by atoms with Crippen LogP contribution in [0, 0.1) is 5.92 Å². The Labute approximate surface area is 95.2 Å². The van der Waals surface area contributed by atoms with Gasteiger partial charge in [0, 0.05) is 18.7 Å². The van der Waals surface area contributed by atoms with Crippen molar-refractivity contribution in [1.82, 2.24) is 10.2 Å². The van der Waals surface area contributed by atoms with Crippen molar-refractivity contribution in [3.05, 3.63) is 11.8 Å². The van der Waals surface area contributed by atoms with E-state index in [0.29, 0.717) is 18.2 Å². The fraction of sp³-hybridized carbons (Fsp3) is 0.818. The van der Waals surface area contributed by atoms with E-state index in [9.17, 15) is 0 Å². The Kier molecular flexibility index (Phi) is 4.01. The van der Waals surface area contributed by atoms with Crippen molar-refractivity contribution >= 4 is 11.6 Å². The molecule has 0 aromatic carbocycles. The zero-order valence-electron chi connectivity index (χ0n) is 8.91. The summed E-state index contributed by atoms with van der Waals surface area (Å²) in [6, 6.07) is 0. The predicted octanol–water partition coefficient (Wildman–Crippen LogP) is 2.97. The van der Waals surface area contributed by atoms with Gasteiger partial charge in [-0.15, -0.1) is 21.8 Å². The van der Waals surface area contributed by atoms with Crippen molar-refractivity contribution in [1.29, 1.82) is 0 Å². The second kappa shape index (κ2) is 5.50. The van der Waals surface area contributed by atoms with Gasteiger partial charge in [0.15, 0.2) is 0 Å². The molecule has 1 aromatic rings. The predicted molar refractivity (Wildman–Crippen MR) is 59.0 cm³/mol. The summed E-state index contributed by atoms with van der Waals surface area (Å²) in [6.07, 6.45) is 8.35. The standard InChI is InChI=1S/C11H17ClN2O/c12-7-6-10-13-14-11(15-10)8-9-4-2-1-3-5-9/h9H,1-8H2. The first-order chi connectivity index (χ1) is 7.38. The topological polar surface area (TPSA) is 38.9 Å². The van der Waals surface area contributed by atoms with Crippen LogP contribution in [0.3, 0.4) is 0 Å². The summed E-state index contributed by atoms with van der Waals surface area (Å²) in [4.78, 5) is 0. The second-order valence-corrected chi connectivity index (χ2v) is 4.61. The highest BCUT2D eigenvalue weighted by Gasteiger charge is 2.17. The summed E-state index contributed by atoms with van der Waals surface area (Å²) >= 11 is 5.61. The Bertz CT molecular complexity index is 295. The van der Waals surface area contributed by atoms with Crippen LogP contribution in [-0.2, 0) is 12.8 Å². The average molecular weight is 229 g/mol. The van der Waals surface area contributed by atoms with Gasteiger partial charge in [0.05, 0.1) is 0 Å². The van der Waals surface area contributed by atoms with Gasteiger partial charge in [-0.05, 0) is 18.8 Å². The first-order valence-electron chi connectivity index (χ1n) is 5.75. The van der Waals surface area contributed by atoms with E-state index in [1.165, 1.54) is 32.1 Å². The van der Waals surface area contributed by atoms with Gasteiger partial charge in [0.25, 0.3) is 0 Å². The number of hydrogen-bond donors (Lipinski definition) is 0. The minimum absolute atomic E-state index is 0.547. The number of alkyl halides is 1. The molecule has 0 radical (unpaired) electrons. The Morgan fingerprint density at radius 3 is 2.60 bits per heavy atom. The van der Waals surface area contributed by atoms with Gasteiger partial charge < -0.3 is 4.42 Å². The fourth-order valence-electron chi connectivity index (χ4n) is 2.19. The summed E-state index contributed by atoms with van der Waals surface area (Å²) in [5.41, 5.74) is 0. The molecule has 1 fully saturated rings. The third-order valence-corrected chi connectivity index (χ3v) is 3.19. The van der Waals surface area contributed by atoms with Gasteiger partial charge in [-0.25, -0.2) is 0 Å². The summed E-state index contributed by atoms with van der Waals surface area (Å²) < 4.78 is 5.52. The van der Waals surface area contributed by atoms with Crippen LogP contribution in [0.5, 0.6) is 0 Å². The molecule has 0 saturated heterocycles. The van der Waals surface area contributed by atoms with Crippen molar-refractivity contribution in [3.8, 4) is 0 Å². The van der Waals surface area contributed by atoms with Crippen LogP contribution in [0.4, 0.5) is 0 Å². The molecule has 2 rings (SSSR count). The number of aryl methyl sites for hydroxylation is 1. The molecule has 15 heavy (non-hydrogen) atoms. The van der Waals surface area contributed by atoms with Gasteiger partial charge in [-0.2, -0.15) is 0 Å². The SMILES string of the molecule is ClCCc1nnc(CC2CCCCC2)o1. The Morgan fingerprint density at radius 1 is 1.13 bits per heavy atom. The van der Waals surface area contributed by atoms with Crippen molar-refractivity contribution < 1.29 is 4.42 Å². The van der Waals surface area contributed by atoms with Crippen LogP contribution in [0.2, 0.25) is 0 Å². The Morgan fingerprint density at radius 2 is 1.87 bits per heavy atom. The maximum absolute atomic E-state index is 5.61. The molecule has 1 heterocycles. The monoisotopic (exact) mass is 228 g/mol. The highest BCUT2D eigenvalue weighted by atomic mass is 35.5. The molecule has 0 spiro atoms. The van der Waals surface area contributed by atoms with E-state index in [1.807, 2.05) is 0 Å². The fourth-order valence-corrected chi connectivity index (χ4v) is 2.35. The highest BCUT2D eigenvalue weighted by Crippen LogP contribution is 2.26. The molecule has 1 aliphatic rings. The number of halogens is 1. The molecule has 4 heteroatoms. The van der Waals surface area contributed by atoms with Crippen LogP contribution in [0.25, 0.3) is 0 Å². The lowest BCUT2D eigenvalue weighted by Gasteiger charge is -2.19. The minimum Gasteiger partial charge on any atom is -0.425 e. The van der Waals surface area contributed by atoms with Gasteiger partial charge in [-0.1, -0.05) is 19.3 Å². The summed E-state index contributed by atoms with van der Waals surface area (Å²) in [7, 11) is 0. The van der Waals surface area contributed by atoms with E-state index in [-0.39, 0.29) is 0 Å². The van der Waals surface area contributed by atoms with Gasteiger partial charge in [0.1, 0.15) is 0 Å². The van der Waals surface area contributed by atoms with Crippen LogP contribution in [0.15, 0.2) is 4.42 Å². The maximum atomic E-state index is 5.61. The third kappa shape index (κ3) is 3.20. The number of hydrogen-bond acceptors (Lipinski definition) is 3. The van der Waals surface area contributed by atoms with E-state index in [2.05, 4.69) is 10.2 Å². The zero-order valence-corrected chi connectivity index (χ0v) is 9.67. The van der Waals surface area contributed by atoms with Gasteiger partial charge in [-0.3, -0.25) is 0 Å². The minimum atomic E-state index is 0.547. The molecule has 0 bridgehead atoms. The quantitative estimate of drug-likeness (QED) is 0.744. The molecule has 0 amide bonds. The van der Waals surface area contributed by atoms with Crippen LogP contribution in [-0.4, -0.2) is 16.1 Å². The number of nitrogens with zero attached hydrogens (tertiary/aromatic N) is 2. The van der Waals surface area contributed by atoms with Crippen molar-refractivity contribution in [2.24, 2.45) is 5.92 Å². The van der Waals surface area contributed by atoms with Gasteiger partial charge >= 0.3 is 0 Å². The summed E-state index contributed by atoms with van der Waals surface area (Å²) in [6.45, 7) is 0. The molecule has 0 aliphatic heterocycles. The first kappa shape index (κ1) is 10.9. The molecule has 1 aromatic heterocycles. The third-order valence-electron chi connectivity index (χ3n) is 3.01. The van der Waals surface area contributed by atoms with Crippen molar-refractivity contribution in [2.75, 3.05) is 5.88 Å². The lowest BCUT2D eigenvalue weighted by Crippen LogP contribution is -2.09. The van der Waals surface area contributed by atoms with Crippen LogP contribution in [0.1, 0.15) is 43.9 Å². The van der Waals surface area contributed by atoms with Crippen molar-refractivity contribution in [2.45, 2.75) is 44.9 Å². The second-order valence-electron chi connectivity index (χ2n) is 4.24. The average Bonchev–Trinajstić information content (AvgIpc) is 2.68. The number of aromatic nitrogens is 2. The Balaban J connectivity index is 1.86. The molecule has 3 nitrogen and oxygen atoms in total. The molecule has 1 saturated carbocycles. The maximum Gasteiger partial charge on any atom is 0.217 e.